The van der Waals surface area contributed by atoms with Gasteiger partial charge in [-0.15, -0.1) is 11.3 Å². The SMILES string of the molecule is COCCNC(=S)NC(C)Cc1cccs1. The Balaban J connectivity index is 2.18. The van der Waals surface area contributed by atoms with Gasteiger partial charge in [0.15, 0.2) is 5.11 Å². The van der Waals surface area contributed by atoms with Gasteiger partial charge in [0, 0.05) is 31.0 Å². The lowest BCUT2D eigenvalue weighted by Gasteiger charge is -2.16. The summed E-state index contributed by atoms with van der Waals surface area (Å²) in [5, 5.41) is 9.13. The molecular weight excluding hydrogens is 240 g/mol. The summed E-state index contributed by atoms with van der Waals surface area (Å²) < 4.78 is 4.93. The largest absolute Gasteiger partial charge is 0.383 e. The second-order valence-electron chi connectivity index (χ2n) is 3.58. The normalized spacial score (nSPS) is 12.1. The Morgan fingerprint density at radius 1 is 1.62 bits per heavy atom. The van der Waals surface area contributed by atoms with Gasteiger partial charge in [0.2, 0.25) is 0 Å². The maximum atomic E-state index is 5.16. The van der Waals surface area contributed by atoms with Crippen LogP contribution in [0.2, 0.25) is 0 Å². The molecule has 0 bridgehead atoms. The zero-order chi connectivity index (χ0) is 11.8. The fraction of sp³-hybridized carbons (Fsp3) is 0.545. The van der Waals surface area contributed by atoms with Gasteiger partial charge in [0.1, 0.15) is 0 Å². The summed E-state index contributed by atoms with van der Waals surface area (Å²) in [7, 11) is 1.68. The number of ether oxygens (including phenoxy) is 1. The fourth-order valence-electron chi connectivity index (χ4n) is 1.32. The van der Waals surface area contributed by atoms with Crippen LogP contribution < -0.4 is 10.6 Å². The van der Waals surface area contributed by atoms with Gasteiger partial charge >= 0.3 is 0 Å². The van der Waals surface area contributed by atoms with Crippen molar-refractivity contribution in [1.29, 1.82) is 0 Å². The van der Waals surface area contributed by atoms with E-state index in [1.807, 2.05) is 0 Å². The van der Waals surface area contributed by atoms with Crippen LogP contribution in [0.5, 0.6) is 0 Å². The lowest BCUT2D eigenvalue weighted by molar-refractivity contribution is 0.204. The smallest absolute Gasteiger partial charge is 0.166 e. The van der Waals surface area contributed by atoms with Crippen LogP contribution in [0.25, 0.3) is 0 Å². The van der Waals surface area contributed by atoms with E-state index in [4.69, 9.17) is 17.0 Å². The Morgan fingerprint density at radius 3 is 3.06 bits per heavy atom. The molecular formula is C11H18N2OS2. The molecule has 16 heavy (non-hydrogen) atoms. The van der Waals surface area contributed by atoms with Crippen molar-refractivity contribution in [2.24, 2.45) is 0 Å². The van der Waals surface area contributed by atoms with Gasteiger partial charge in [0.05, 0.1) is 6.61 Å². The van der Waals surface area contributed by atoms with E-state index in [1.165, 1.54) is 4.88 Å². The molecule has 90 valence electrons. The molecule has 5 heteroatoms. The second kappa shape index (κ2) is 7.60. The third-order valence-electron chi connectivity index (χ3n) is 2.06. The third-order valence-corrected chi connectivity index (χ3v) is 3.22. The highest BCUT2D eigenvalue weighted by atomic mass is 32.1. The molecule has 0 amide bonds. The summed E-state index contributed by atoms with van der Waals surface area (Å²) in [6.45, 7) is 3.54. The summed E-state index contributed by atoms with van der Waals surface area (Å²) in [5.41, 5.74) is 0. The molecule has 0 aromatic carbocycles. The van der Waals surface area contributed by atoms with Gasteiger partial charge in [-0.2, -0.15) is 0 Å². The highest BCUT2D eigenvalue weighted by Crippen LogP contribution is 2.10. The molecule has 1 aromatic heterocycles. The number of rotatable bonds is 6. The van der Waals surface area contributed by atoms with E-state index in [1.54, 1.807) is 18.4 Å². The topological polar surface area (TPSA) is 33.3 Å². The number of thiocarbonyl (C=S) groups is 1. The van der Waals surface area contributed by atoms with Crippen molar-refractivity contribution in [2.75, 3.05) is 20.3 Å². The first-order valence-corrected chi connectivity index (χ1v) is 6.57. The average Bonchev–Trinajstić information content (AvgIpc) is 2.70. The van der Waals surface area contributed by atoms with E-state index < -0.39 is 0 Å². The first-order valence-electron chi connectivity index (χ1n) is 5.28. The van der Waals surface area contributed by atoms with E-state index in [0.717, 1.165) is 13.0 Å². The first-order chi connectivity index (χ1) is 7.72. The molecule has 1 heterocycles. The van der Waals surface area contributed by atoms with Crippen molar-refractivity contribution in [3.05, 3.63) is 22.4 Å². The van der Waals surface area contributed by atoms with Gasteiger partial charge in [-0.25, -0.2) is 0 Å². The molecule has 0 saturated carbocycles. The fourth-order valence-corrected chi connectivity index (χ4v) is 2.46. The Morgan fingerprint density at radius 2 is 2.44 bits per heavy atom. The molecule has 1 aromatic rings. The summed E-state index contributed by atoms with van der Waals surface area (Å²) in [5.74, 6) is 0. The highest BCUT2D eigenvalue weighted by molar-refractivity contribution is 7.80. The number of nitrogens with one attached hydrogen (secondary N) is 2. The maximum absolute atomic E-state index is 5.16. The molecule has 0 aliphatic heterocycles. The van der Waals surface area contributed by atoms with Crippen molar-refractivity contribution in [3.63, 3.8) is 0 Å². The van der Waals surface area contributed by atoms with E-state index in [9.17, 15) is 0 Å². The second-order valence-corrected chi connectivity index (χ2v) is 5.02. The Kier molecular flexibility index (Phi) is 6.37. The van der Waals surface area contributed by atoms with Gasteiger partial charge in [-0.05, 0) is 30.6 Å². The molecule has 0 saturated heterocycles. The molecule has 1 atom stereocenters. The lowest BCUT2D eigenvalue weighted by atomic mass is 10.2. The van der Waals surface area contributed by atoms with Crippen molar-refractivity contribution in [2.45, 2.75) is 19.4 Å². The van der Waals surface area contributed by atoms with Gasteiger partial charge in [0.25, 0.3) is 0 Å². The molecule has 0 aliphatic rings. The van der Waals surface area contributed by atoms with Gasteiger partial charge in [-0.1, -0.05) is 6.07 Å². The lowest BCUT2D eigenvalue weighted by Crippen LogP contribution is -2.42. The quantitative estimate of drug-likeness (QED) is 0.602. The zero-order valence-corrected chi connectivity index (χ0v) is 11.3. The molecule has 2 N–H and O–H groups in total. The molecule has 3 nitrogen and oxygen atoms in total. The van der Waals surface area contributed by atoms with E-state index in [2.05, 4.69) is 35.1 Å². The van der Waals surface area contributed by atoms with E-state index >= 15 is 0 Å². The van der Waals surface area contributed by atoms with Crippen molar-refractivity contribution in [3.8, 4) is 0 Å². The molecule has 0 aliphatic carbocycles. The minimum absolute atomic E-state index is 0.348. The van der Waals surface area contributed by atoms with Crippen molar-refractivity contribution >= 4 is 28.7 Å². The zero-order valence-electron chi connectivity index (χ0n) is 9.66. The first kappa shape index (κ1) is 13.4. The summed E-state index contributed by atoms with van der Waals surface area (Å²) in [6, 6.07) is 4.56. The van der Waals surface area contributed by atoms with Crippen molar-refractivity contribution in [1.82, 2.24) is 10.6 Å². The molecule has 1 rings (SSSR count). The minimum Gasteiger partial charge on any atom is -0.383 e. The van der Waals surface area contributed by atoms with E-state index in [-0.39, 0.29) is 0 Å². The van der Waals surface area contributed by atoms with Crippen LogP contribution in [0, 0.1) is 0 Å². The van der Waals surface area contributed by atoms with Crippen LogP contribution in [0.3, 0.4) is 0 Å². The summed E-state index contributed by atoms with van der Waals surface area (Å²) >= 11 is 6.94. The molecule has 0 spiro atoms. The Labute approximate surface area is 106 Å². The standard InChI is InChI=1S/C11H18N2OS2/c1-9(8-10-4-3-7-16-10)13-11(15)12-5-6-14-2/h3-4,7,9H,5-6,8H2,1-2H3,(H2,12,13,15). The monoisotopic (exact) mass is 258 g/mol. The summed E-state index contributed by atoms with van der Waals surface area (Å²) in [4.78, 5) is 1.37. The predicted octanol–water partition coefficient (Wildman–Crippen LogP) is 1.79. The van der Waals surface area contributed by atoms with Crippen LogP contribution in [0.4, 0.5) is 0 Å². The maximum Gasteiger partial charge on any atom is 0.166 e. The molecule has 0 fully saturated rings. The van der Waals surface area contributed by atoms with Crippen LogP contribution in [-0.2, 0) is 11.2 Å². The molecule has 0 radical (unpaired) electrons. The average molecular weight is 258 g/mol. The number of methoxy groups -OCH3 is 1. The number of thiophene rings is 1. The Bertz CT molecular complexity index is 301. The molecule has 1 unspecified atom stereocenters. The number of hydrogen-bond acceptors (Lipinski definition) is 3. The predicted molar refractivity (Wildman–Crippen MR) is 73.1 cm³/mol. The van der Waals surface area contributed by atoms with Crippen molar-refractivity contribution < 1.29 is 4.74 Å². The number of hydrogen-bond donors (Lipinski definition) is 2. The van der Waals surface area contributed by atoms with Crippen LogP contribution in [0.15, 0.2) is 17.5 Å². The van der Waals surface area contributed by atoms with Crippen LogP contribution in [-0.4, -0.2) is 31.4 Å². The van der Waals surface area contributed by atoms with Crippen LogP contribution >= 0.6 is 23.6 Å². The third kappa shape index (κ3) is 5.44. The van der Waals surface area contributed by atoms with E-state index in [0.29, 0.717) is 17.8 Å². The summed E-state index contributed by atoms with van der Waals surface area (Å²) in [6.07, 6.45) is 1.00. The van der Waals surface area contributed by atoms with Gasteiger partial charge < -0.3 is 15.4 Å². The minimum atomic E-state index is 0.348. The highest BCUT2D eigenvalue weighted by Gasteiger charge is 2.05. The van der Waals surface area contributed by atoms with Crippen LogP contribution in [0.1, 0.15) is 11.8 Å². The van der Waals surface area contributed by atoms with Gasteiger partial charge in [-0.3, -0.25) is 0 Å². The Hall–Kier alpha value is -0.650.